The molecule has 3 aromatic carbocycles. The SMILES string of the molecule is COc1ccc(NC(=O)c2cccc(OCc3c(C)noc3C)c2)cc1NS(=O)(=O)c1ccc(F)cc1. The molecule has 0 aliphatic heterocycles. The van der Waals surface area contributed by atoms with Crippen LogP contribution in [0.3, 0.4) is 0 Å². The maximum absolute atomic E-state index is 13.2. The number of amides is 1. The van der Waals surface area contributed by atoms with Gasteiger partial charge in [0.05, 0.1) is 29.0 Å². The molecule has 0 spiro atoms. The van der Waals surface area contributed by atoms with Crippen LogP contribution in [0.2, 0.25) is 0 Å². The number of benzene rings is 3. The van der Waals surface area contributed by atoms with Crippen molar-refractivity contribution in [2.24, 2.45) is 0 Å². The lowest BCUT2D eigenvalue weighted by Gasteiger charge is -2.14. The third kappa shape index (κ3) is 6.07. The van der Waals surface area contributed by atoms with Gasteiger partial charge in [-0.05, 0) is 74.5 Å². The maximum Gasteiger partial charge on any atom is 0.262 e. The monoisotopic (exact) mass is 525 g/mol. The molecule has 0 radical (unpaired) electrons. The lowest BCUT2D eigenvalue weighted by molar-refractivity contribution is 0.102. The fourth-order valence-corrected chi connectivity index (χ4v) is 4.54. The number of methoxy groups -OCH3 is 1. The number of halogens is 1. The summed E-state index contributed by atoms with van der Waals surface area (Å²) < 4.78 is 57.4. The standard InChI is InChI=1S/C26H24FN3O6S/c1-16-23(17(2)36-29-16)15-35-21-6-4-5-18(13-21)26(31)28-20-9-12-25(34-3)24(14-20)30-37(32,33)22-10-7-19(27)8-11-22/h4-14,30H,15H2,1-3H3,(H,28,31). The van der Waals surface area contributed by atoms with Crippen LogP contribution in [0.5, 0.6) is 11.5 Å². The minimum atomic E-state index is -4.03. The van der Waals surface area contributed by atoms with E-state index in [2.05, 4.69) is 15.2 Å². The highest BCUT2D eigenvalue weighted by Gasteiger charge is 2.18. The van der Waals surface area contributed by atoms with Crippen molar-refractivity contribution >= 4 is 27.3 Å². The van der Waals surface area contributed by atoms with Crippen LogP contribution in [0.1, 0.15) is 27.4 Å². The largest absolute Gasteiger partial charge is 0.495 e. The number of hydrogen-bond acceptors (Lipinski definition) is 7. The molecule has 0 atom stereocenters. The first kappa shape index (κ1) is 25.7. The molecule has 192 valence electrons. The third-order valence-electron chi connectivity index (χ3n) is 5.49. The Hall–Kier alpha value is -4.38. The summed E-state index contributed by atoms with van der Waals surface area (Å²) in [6, 6.07) is 15.5. The van der Waals surface area contributed by atoms with E-state index in [1.807, 2.05) is 6.92 Å². The lowest BCUT2D eigenvalue weighted by atomic mass is 10.2. The highest BCUT2D eigenvalue weighted by molar-refractivity contribution is 7.92. The Kier molecular flexibility index (Phi) is 7.44. The van der Waals surface area contributed by atoms with Gasteiger partial charge in [0.2, 0.25) is 0 Å². The van der Waals surface area contributed by atoms with Crippen LogP contribution in [0.15, 0.2) is 76.1 Å². The average Bonchev–Trinajstić information content (AvgIpc) is 3.20. The molecule has 9 nitrogen and oxygen atoms in total. The number of nitrogens with zero attached hydrogens (tertiary/aromatic N) is 1. The molecule has 4 aromatic rings. The molecule has 0 aliphatic carbocycles. The number of ether oxygens (including phenoxy) is 2. The summed E-state index contributed by atoms with van der Waals surface area (Å²) in [6.07, 6.45) is 0. The third-order valence-corrected chi connectivity index (χ3v) is 6.87. The lowest BCUT2D eigenvalue weighted by Crippen LogP contribution is -2.15. The van der Waals surface area contributed by atoms with E-state index < -0.39 is 21.7 Å². The Labute approximate surface area is 213 Å². The van der Waals surface area contributed by atoms with Crippen molar-refractivity contribution in [3.8, 4) is 11.5 Å². The molecule has 4 rings (SSSR count). The number of anilines is 2. The van der Waals surface area contributed by atoms with Gasteiger partial charge in [-0.25, -0.2) is 12.8 Å². The Morgan fingerprint density at radius 1 is 1.05 bits per heavy atom. The molecular weight excluding hydrogens is 501 g/mol. The van der Waals surface area contributed by atoms with Crippen LogP contribution in [-0.2, 0) is 16.6 Å². The molecule has 11 heteroatoms. The topological polar surface area (TPSA) is 120 Å². The molecule has 0 saturated heterocycles. The van der Waals surface area contributed by atoms with Crippen molar-refractivity contribution in [1.29, 1.82) is 0 Å². The maximum atomic E-state index is 13.2. The van der Waals surface area contributed by atoms with Crippen LogP contribution < -0.4 is 19.5 Å². The Balaban J connectivity index is 1.49. The minimum absolute atomic E-state index is 0.0983. The van der Waals surface area contributed by atoms with Crippen LogP contribution >= 0.6 is 0 Å². The Morgan fingerprint density at radius 2 is 1.81 bits per heavy atom. The Bertz CT molecular complexity index is 1510. The van der Waals surface area contributed by atoms with Crippen molar-refractivity contribution in [3.63, 3.8) is 0 Å². The number of aromatic nitrogens is 1. The van der Waals surface area contributed by atoms with E-state index in [-0.39, 0.29) is 22.9 Å². The van der Waals surface area contributed by atoms with Crippen molar-refractivity contribution in [1.82, 2.24) is 5.16 Å². The van der Waals surface area contributed by atoms with E-state index >= 15 is 0 Å². The Morgan fingerprint density at radius 3 is 2.49 bits per heavy atom. The molecule has 2 N–H and O–H groups in total. The predicted molar refractivity (Wildman–Crippen MR) is 135 cm³/mol. The molecule has 0 unspecified atom stereocenters. The molecular formula is C26H24FN3O6S. The van der Waals surface area contributed by atoms with Crippen LogP contribution in [0.4, 0.5) is 15.8 Å². The number of hydrogen-bond donors (Lipinski definition) is 2. The highest BCUT2D eigenvalue weighted by atomic mass is 32.2. The van der Waals surface area contributed by atoms with Gasteiger partial charge in [0, 0.05) is 11.3 Å². The van der Waals surface area contributed by atoms with Crippen molar-refractivity contribution < 1.29 is 31.6 Å². The van der Waals surface area contributed by atoms with Crippen molar-refractivity contribution in [2.75, 3.05) is 17.1 Å². The number of rotatable bonds is 9. The van der Waals surface area contributed by atoms with Crippen LogP contribution in [0.25, 0.3) is 0 Å². The summed E-state index contributed by atoms with van der Waals surface area (Å²) in [5.74, 6) is 0.394. The molecule has 1 amide bonds. The van der Waals surface area contributed by atoms with Gasteiger partial charge in [0.25, 0.3) is 15.9 Å². The zero-order valence-corrected chi connectivity index (χ0v) is 21.1. The van der Waals surface area contributed by atoms with Gasteiger partial charge in [-0.1, -0.05) is 11.2 Å². The van der Waals surface area contributed by atoms with Gasteiger partial charge >= 0.3 is 0 Å². The van der Waals surface area contributed by atoms with Crippen molar-refractivity contribution in [3.05, 3.63) is 95.1 Å². The molecule has 37 heavy (non-hydrogen) atoms. The van der Waals surface area contributed by atoms with E-state index in [0.29, 0.717) is 22.8 Å². The molecule has 0 aliphatic rings. The van der Waals surface area contributed by atoms with Gasteiger partial charge in [-0.3, -0.25) is 9.52 Å². The van der Waals surface area contributed by atoms with Gasteiger partial charge in [0.1, 0.15) is 29.7 Å². The highest BCUT2D eigenvalue weighted by Crippen LogP contribution is 2.30. The van der Waals surface area contributed by atoms with Gasteiger partial charge in [0.15, 0.2) is 0 Å². The summed E-state index contributed by atoms with van der Waals surface area (Å²) in [5.41, 5.74) is 2.33. The fraction of sp³-hybridized carbons (Fsp3) is 0.154. The van der Waals surface area contributed by atoms with E-state index in [0.717, 1.165) is 35.5 Å². The summed E-state index contributed by atoms with van der Waals surface area (Å²) in [4.78, 5) is 12.8. The number of nitrogens with one attached hydrogen (secondary N) is 2. The smallest absolute Gasteiger partial charge is 0.262 e. The van der Waals surface area contributed by atoms with E-state index in [9.17, 15) is 17.6 Å². The number of sulfonamides is 1. The first-order valence-electron chi connectivity index (χ1n) is 11.1. The molecule has 0 saturated carbocycles. The van der Waals surface area contributed by atoms with Gasteiger partial charge in [-0.2, -0.15) is 0 Å². The van der Waals surface area contributed by atoms with Crippen molar-refractivity contribution in [2.45, 2.75) is 25.3 Å². The molecule has 1 aromatic heterocycles. The zero-order chi connectivity index (χ0) is 26.6. The van der Waals surface area contributed by atoms with E-state index in [4.69, 9.17) is 14.0 Å². The second-order valence-electron chi connectivity index (χ2n) is 8.05. The first-order chi connectivity index (χ1) is 17.7. The van der Waals surface area contributed by atoms with Gasteiger partial charge < -0.3 is 19.3 Å². The quantitative estimate of drug-likeness (QED) is 0.313. The second kappa shape index (κ2) is 10.7. The zero-order valence-electron chi connectivity index (χ0n) is 20.2. The first-order valence-corrected chi connectivity index (χ1v) is 12.6. The summed E-state index contributed by atoms with van der Waals surface area (Å²) in [6.45, 7) is 3.86. The molecule has 1 heterocycles. The average molecular weight is 526 g/mol. The minimum Gasteiger partial charge on any atom is -0.495 e. The fourth-order valence-electron chi connectivity index (χ4n) is 3.48. The van der Waals surface area contributed by atoms with Crippen LogP contribution in [-0.4, -0.2) is 26.6 Å². The van der Waals surface area contributed by atoms with E-state index in [1.165, 1.54) is 19.2 Å². The predicted octanol–water partition coefficient (Wildman–Crippen LogP) is 5.07. The summed E-state index contributed by atoms with van der Waals surface area (Å²) >= 11 is 0. The molecule has 0 fully saturated rings. The number of carbonyl (C=O) groups excluding carboxylic acids is 1. The molecule has 0 bridgehead atoms. The van der Waals surface area contributed by atoms with E-state index in [1.54, 1.807) is 37.3 Å². The summed E-state index contributed by atoms with van der Waals surface area (Å²) in [7, 11) is -2.65. The summed E-state index contributed by atoms with van der Waals surface area (Å²) in [5, 5.41) is 6.64. The number of aryl methyl sites for hydroxylation is 2. The van der Waals surface area contributed by atoms with Crippen LogP contribution in [0, 0.1) is 19.7 Å². The second-order valence-corrected chi connectivity index (χ2v) is 9.73. The van der Waals surface area contributed by atoms with Gasteiger partial charge in [-0.15, -0.1) is 0 Å². The normalized spacial score (nSPS) is 11.1. The number of carbonyl (C=O) groups is 1.